The summed E-state index contributed by atoms with van der Waals surface area (Å²) < 4.78 is 0.718. The summed E-state index contributed by atoms with van der Waals surface area (Å²) in [6.07, 6.45) is 3.38. The molecule has 1 aromatic carbocycles. The van der Waals surface area contributed by atoms with Crippen molar-refractivity contribution >= 4 is 45.7 Å². The van der Waals surface area contributed by atoms with E-state index in [1.807, 2.05) is 36.4 Å². The van der Waals surface area contributed by atoms with Crippen molar-refractivity contribution in [2.24, 2.45) is 16.1 Å². The molecule has 0 bridgehead atoms. The van der Waals surface area contributed by atoms with Gasteiger partial charge in [-0.2, -0.15) is 10.2 Å². The van der Waals surface area contributed by atoms with E-state index >= 15 is 0 Å². The van der Waals surface area contributed by atoms with E-state index < -0.39 is 5.92 Å². The van der Waals surface area contributed by atoms with E-state index in [-0.39, 0.29) is 18.2 Å². The molecule has 0 saturated carbocycles. The van der Waals surface area contributed by atoms with Crippen molar-refractivity contribution in [3.05, 3.63) is 40.4 Å². The standard InChI is InChI=1S/C15H15BrN4O2/c1-10-13(15(22)20-18-10)8-14(21)19-17-9-12(16)7-11-5-3-2-4-6-11/h2-7,9,13H,8H2,1H3,(H,19,21)(H,20,22)/b12-7-,17-9-/t13-/m1/s1. The van der Waals surface area contributed by atoms with E-state index in [9.17, 15) is 9.59 Å². The van der Waals surface area contributed by atoms with Crippen LogP contribution in [0.3, 0.4) is 0 Å². The van der Waals surface area contributed by atoms with Gasteiger partial charge in [-0.25, -0.2) is 10.9 Å². The Morgan fingerprint density at radius 1 is 1.45 bits per heavy atom. The van der Waals surface area contributed by atoms with Crippen LogP contribution in [-0.4, -0.2) is 23.7 Å². The molecule has 114 valence electrons. The minimum atomic E-state index is -0.515. The van der Waals surface area contributed by atoms with Crippen LogP contribution in [0.15, 0.2) is 45.0 Å². The molecular formula is C15H15BrN4O2. The summed E-state index contributed by atoms with van der Waals surface area (Å²) in [6.45, 7) is 1.71. The number of amides is 2. The molecule has 2 N–H and O–H groups in total. The second-order valence-corrected chi connectivity index (χ2v) is 5.63. The van der Waals surface area contributed by atoms with Crippen LogP contribution in [0.1, 0.15) is 18.9 Å². The Morgan fingerprint density at radius 2 is 2.18 bits per heavy atom. The van der Waals surface area contributed by atoms with Crippen LogP contribution in [0.4, 0.5) is 0 Å². The van der Waals surface area contributed by atoms with Gasteiger partial charge in [0.05, 0.1) is 12.1 Å². The van der Waals surface area contributed by atoms with Crippen molar-refractivity contribution < 1.29 is 9.59 Å². The summed E-state index contributed by atoms with van der Waals surface area (Å²) in [5, 5.41) is 7.64. The van der Waals surface area contributed by atoms with Crippen molar-refractivity contribution in [3.8, 4) is 0 Å². The summed E-state index contributed by atoms with van der Waals surface area (Å²) in [7, 11) is 0. The number of rotatable bonds is 5. The first-order valence-corrected chi connectivity index (χ1v) is 7.44. The highest BCUT2D eigenvalue weighted by Gasteiger charge is 2.28. The Morgan fingerprint density at radius 3 is 2.82 bits per heavy atom. The number of hydrogen-bond donors (Lipinski definition) is 2. The minimum absolute atomic E-state index is 0.0263. The third-order valence-electron chi connectivity index (χ3n) is 3.03. The SMILES string of the molecule is CC1=NNC(=O)[C@@H]1CC(=O)N/N=C\C(Br)=C\c1ccccc1. The molecular weight excluding hydrogens is 348 g/mol. The third kappa shape index (κ3) is 4.63. The van der Waals surface area contributed by atoms with Gasteiger partial charge in [0, 0.05) is 16.6 Å². The summed E-state index contributed by atoms with van der Waals surface area (Å²) in [5.74, 6) is -1.12. The lowest BCUT2D eigenvalue weighted by Crippen LogP contribution is -2.29. The van der Waals surface area contributed by atoms with Gasteiger partial charge < -0.3 is 0 Å². The quantitative estimate of drug-likeness (QED) is 0.620. The molecule has 1 aliphatic heterocycles. The number of hydrogen-bond acceptors (Lipinski definition) is 4. The number of benzene rings is 1. The zero-order valence-electron chi connectivity index (χ0n) is 11.9. The molecule has 0 fully saturated rings. The van der Waals surface area contributed by atoms with Crippen LogP contribution in [0.5, 0.6) is 0 Å². The molecule has 0 unspecified atom stereocenters. The molecule has 0 saturated heterocycles. The van der Waals surface area contributed by atoms with Gasteiger partial charge >= 0.3 is 0 Å². The van der Waals surface area contributed by atoms with Gasteiger partial charge in [0.2, 0.25) is 11.8 Å². The second-order valence-electron chi connectivity index (χ2n) is 4.72. The number of allylic oxidation sites excluding steroid dienone is 1. The lowest BCUT2D eigenvalue weighted by Gasteiger charge is -2.05. The fourth-order valence-electron chi connectivity index (χ4n) is 1.87. The fourth-order valence-corrected chi connectivity index (χ4v) is 2.24. The smallest absolute Gasteiger partial charge is 0.249 e. The number of carbonyl (C=O) groups is 2. The van der Waals surface area contributed by atoms with Crippen LogP contribution in [0.25, 0.3) is 6.08 Å². The number of nitrogens with one attached hydrogen (secondary N) is 2. The van der Waals surface area contributed by atoms with E-state index in [4.69, 9.17) is 0 Å². The van der Waals surface area contributed by atoms with Gasteiger partial charge in [-0.15, -0.1) is 0 Å². The van der Waals surface area contributed by atoms with Gasteiger partial charge in [-0.1, -0.05) is 30.3 Å². The molecule has 0 aliphatic carbocycles. The highest BCUT2D eigenvalue weighted by Crippen LogP contribution is 2.12. The molecule has 1 aliphatic rings. The molecule has 22 heavy (non-hydrogen) atoms. The third-order valence-corrected chi connectivity index (χ3v) is 3.47. The summed E-state index contributed by atoms with van der Waals surface area (Å²) >= 11 is 3.35. The van der Waals surface area contributed by atoms with Crippen molar-refractivity contribution in [3.63, 3.8) is 0 Å². The van der Waals surface area contributed by atoms with Gasteiger partial charge in [0.15, 0.2) is 0 Å². The zero-order valence-corrected chi connectivity index (χ0v) is 13.5. The lowest BCUT2D eigenvalue weighted by atomic mass is 10.0. The molecule has 0 radical (unpaired) electrons. The van der Waals surface area contributed by atoms with Crippen LogP contribution in [0, 0.1) is 5.92 Å². The van der Waals surface area contributed by atoms with Crippen molar-refractivity contribution in [1.29, 1.82) is 0 Å². The Labute approximate surface area is 136 Å². The molecule has 7 heteroatoms. The number of carbonyl (C=O) groups excluding carboxylic acids is 2. The highest BCUT2D eigenvalue weighted by molar-refractivity contribution is 9.12. The monoisotopic (exact) mass is 362 g/mol. The predicted molar refractivity (Wildman–Crippen MR) is 89.3 cm³/mol. The molecule has 1 atom stereocenters. The Balaban J connectivity index is 1.84. The average Bonchev–Trinajstić information content (AvgIpc) is 2.80. The average molecular weight is 363 g/mol. The summed E-state index contributed by atoms with van der Waals surface area (Å²) in [6, 6.07) is 9.70. The second kappa shape index (κ2) is 7.65. The van der Waals surface area contributed by atoms with Crippen LogP contribution in [-0.2, 0) is 9.59 Å². The lowest BCUT2D eigenvalue weighted by molar-refractivity contribution is -0.127. The topological polar surface area (TPSA) is 82.9 Å². The van der Waals surface area contributed by atoms with E-state index in [1.54, 1.807) is 6.92 Å². The van der Waals surface area contributed by atoms with Crippen LogP contribution < -0.4 is 10.9 Å². The van der Waals surface area contributed by atoms with Crippen LogP contribution >= 0.6 is 15.9 Å². The van der Waals surface area contributed by atoms with E-state index in [0.29, 0.717) is 5.71 Å². The van der Waals surface area contributed by atoms with Gasteiger partial charge in [0.25, 0.3) is 0 Å². The maximum absolute atomic E-state index is 11.7. The van der Waals surface area contributed by atoms with E-state index in [1.165, 1.54) is 6.21 Å². The van der Waals surface area contributed by atoms with E-state index in [2.05, 4.69) is 37.0 Å². The number of halogens is 1. The molecule has 6 nitrogen and oxygen atoms in total. The van der Waals surface area contributed by atoms with E-state index in [0.717, 1.165) is 10.0 Å². The van der Waals surface area contributed by atoms with Crippen molar-refractivity contribution in [2.45, 2.75) is 13.3 Å². The molecule has 1 heterocycles. The fraction of sp³-hybridized carbons (Fsp3) is 0.200. The minimum Gasteiger partial charge on any atom is -0.273 e. The Kier molecular flexibility index (Phi) is 5.60. The number of nitrogens with zero attached hydrogens (tertiary/aromatic N) is 2. The Hall–Kier alpha value is -2.28. The largest absolute Gasteiger partial charge is 0.273 e. The van der Waals surface area contributed by atoms with Crippen molar-refractivity contribution in [1.82, 2.24) is 10.9 Å². The van der Waals surface area contributed by atoms with Crippen molar-refractivity contribution in [2.75, 3.05) is 0 Å². The summed E-state index contributed by atoms with van der Waals surface area (Å²) in [4.78, 5) is 23.2. The van der Waals surface area contributed by atoms with Gasteiger partial charge in [-0.05, 0) is 34.5 Å². The first kappa shape index (κ1) is 16.1. The normalized spacial score (nSPS) is 18.3. The first-order valence-electron chi connectivity index (χ1n) is 6.64. The zero-order chi connectivity index (χ0) is 15.9. The maximum Gasteiger partial charge on any atom is 0.249 e. The molecule has 2 amide bonds. The Bertz CT molecular complexity index is 653. The maximum atomic E-state index is 11.7. The highest BCUT2D eigenvalue weighted by atomic mass is 79.9. The molecule has 2 rings (SSSR count). The van der Waals surface area contributed by atoms with Gasteiger partial charge in [-0.3, -0.25) is 9.59 Å². The molecule has 0 spiro atoms. The number of hydrazone groups is 2. The van der Waals surface area contributed by atoms with Gasteiger partial charge in [0.1, 0.15) is 0 Å². The van der Waals surface area contributed by atoms with Crippen LogP contribution in [0.2, 0.25) is 0 Å². The summed E-state index contributed by atoms with van der Waals surface area (Å²) in [5.41, 5.74) is 6.35. The first-order chi connectivity index (χ1) is 10.6. The predicted octanol–water partition coefficient (Wildman–Crippen LogP) is 2.04. The molecule has 1 aromatic rings. The molecule has 0 aromatic heterocycles.